The highest BCUT2D eigenvalue weighted by atomic mass is 16.5. The van der Waals surface area contributed by atoms with E-state index in [-0.39, 0.29) is 18.1 Å². The predicted octanol–water partition coefficient (Wildman–Crippen LogP) is 3.25. The van der Waals surface area contributed by atoms with Crippen molar-refractivity contribution in [2.24, 2.45) is 7.05 Å². The Morgan fingerprint density at radius 1 is 1.28 bits per heavy atom. The minimum atomic E-state index is -1.07. The van der Waals surface area contributed by atoms with Crippen molar-refractivity contribution in [3.63, 3.8) is 0 Å². The smallest absolute Gasteiger partial charge is 0.335 e. The second-order valence-corrected chi connectivity index (χ2v) is 7.39. The zero-order valence-corrected chi connectivity index (χ0v) is 16.5. The molecule has 1 amide bonds. The van der Waals surface area contributed by atoms with Crippen LogP contribution in [-0.2, 0) is 18.4 Å². The number of aryl methyl sites for hydroxylation is 2. The molecule has 2 heterocycles. The van der Waals surface area contributed by atoms with Crippen LogP contribution in [0.1, 0.15) is 56.4 Å². The molecule has 1 aliphatic carbocycles. The molecule has 4 rings (SSSR count). The van der Waals surface area contributed by atoms with Crippen molar-refractivity contribution in [3.8, 4) is 0 Å². The quantitative estimate of drug-likeness (QED) is 0.665. The van der Waals surface area contributed by atoms with Gasteiger partial charge < -0.3 is 15.2 Å². The molecule has 0 unspecified atom stereocenters. The van der Waals surface area contributed by atoms with E-state index < -0.39 is 5.97 Å². The number of rotatable bonds is 6. The number of carbonyl (C=O) groups excluding carboxylic acids is 1. The van der Waals surface area contributed by atoms with Gasteiger partial charge in [0.2, 0.25) is 0 Å². The fourth-order valence-corrected chi connectivity index (χ4v) is 3.57. The number of aromatic nitrogens is 3. The summed E-state index contributed by atoms with van der Waals surface area (Å²) in [7, 11) is 3.35. The fourth-order valence-electron chi connectivity index (χ4n) is 3.57. The van der Waals surface area contributed by atoms with Crippen molar-refractivity contribution >= 4 is 28.6 Å². The third-order valence-corrected chi connectivity index (χ3v) is 5.04. The lowest BCUT2D eigenvalue weighted by atomic mass is 10.1. The standard InChI is InChI=1S/C21H22N4O4/c1-11-18-16(9-17(13-4-5-13)23-19(18)25(2)24-11)20(26)22-15-7-12(10-29-3)6-14(8-15)21(27)28/h6-9,13H,4-5,10H2,1-3H3,(H,22,26)(H,27,28). The molecule has 0 spiro atoms. The number of carbonyl (C=O) groups is 2. The topological polar surface area (TPSA) is 106 Å². The lowest BCUT2D eigenvalue weighted by Crippen LogP contribution is -2.14. The van der Waals surface area contributed by atoms with E-state index in [2.05, 4.69) is 10.4 Å². The number of methoxy groups -OCH3 is 1. The molecule has 1 fully saturated rings. The van der Waals surface area contributed by atoms with E-state index in [1.54, 1.807) is 10.7 Å². The minimum Gasteiger partial charge on any atom is -0.478 e. The third kappa shape index (κ3) is 3.71. The van der Waals surface area contributed by atoms with Crippen LogP contribution < -0.4 is 5.32 Å². The molecule has 1 aromatic carbocycles. The van der Waals surface area contributed by atoms with Gasteiger partial charge in [0.15, 0.2) is 5.65 Å². The number of fused-ring (bicyclic) bond motifs is 1. The maximum absolute atomic E-state index is 13.2. The van der Waals surface area contributed by atoms with Crippen molar-refractivity contribution in [1.29, 1.82) is 0 Å². The van der Waals surface area contributed by atoms with Gasteiger partial charge in [0.1, 0.15) is 0 Å². The first kappa shape index (κ1) is 19.1. The Morgan fingerprint density at radius 2 is 2.03 bits per heavy atom. The van der Waals surface area contributed by atoms with E-state index in [0.29, 0.717) is 33.8 Å². The lowest BCUT2D eigenvalue weighted by molar-refractivity contribution is 0.0696. The van der Waals surface area contributed by atoms with Crippen LogP contribution in [0, 0.1) is 6.92 Å². The Labute approximate surface area is 167 Å². The number of amides is 1. The van der Waals surface area contributed by atoms with Crippen LogP contribution >= 0.6 is 0 Å². The summed E-state index contributed by atoms with van der Waals surface area (Å²) in [6.45, 7) is 2.09. The summed E-state index contributed by atoms with van der Waals surface area (Å²) in [5, 5.41) is 17.3. The summed E-state index contributed by atoms with van der Waals surface area (Å²) in [6.07, 6.45) is 2.13. The van der Waals surface area contributed by atoms with Gasteiger partial charge in [0, 0.05) is 31.5 Å². The van der Waals surface area contributed by atoms with Gasteiger partial charge in [-0.25, -0.2) is 9.78 Å². The molecule has 8 nitrogen and oxygen atoms in total. The second kappa shape index (κ2) is 7.29. The van der Waals surface area contributed by atoms with Crippen LogP contribution in [0.4, 0.5) is 5.69 Å². The molecule has 0 atom stereocenters. The van der Waals surface area contributed by atoms with Gasteiger partial charge in [0.05, 0.1) is 28.8 Å². The van der Waals surface area contributed by atoms with Crippen LogP contribution in [-0.4, -0.2) is 38.9 Å². The van der Waals surface area contributed by atoms with Gasteiger partial charge in [-0.05, 0) is 49.6 Å². The summed E-state index contributed by atoms with van der Waals surface area (Å²) in [6, 6.07) is 6.52. The van der Waals surface area contributed by atoms with Crippen molar-refractivity contribution in [2.75, 3.05) is 12.4 Å². The molecule has 0 aliphatic heterocycles. The number of pyridine rings is 1. The van der Waals surface area contributed by atoms with Gasteiger partial charge in [-0.1, -0.05) is 0 Å². The Kier molecular flexibility index (Phi) is 4.79. The molecule has 0 saturated heterocycles. The van der Waals surface area contributed by atoms with Gasteiger partial charge in [-0.2, -0.15) is 5.10 Å². The first-order valence-electron chi connectivity index (χ1n) is 9.39. The zero-order valence-electron chi connectivity index (χ0n) is 16.5. The molecule has 1 saturated carbocycles. The van der Waals surface area contributed by atoms with E-state index in [1.807, 2.05) is 20.0 Å². The van der Waals surface area contributed by atoms with Crippen molar-refractivity contribution in [2.45, 2.75) is 32.3 Å². The monoisotopic (exact) mass is 394 g/mol. The Hall–Kier alpha value is -3.26. The number of hydrogen-bond donors (Lipinski definition) is 2. The molecule has 8 heteroatoms. The molecule has 150 valence electrons. The molecule has 0 radical (unpaired) electrons. The average Bonchev–Trinajstić information content (AvgIpc) is 3.48. The summed E-state index contributed by atoms with van der Waals surface area (Å²) < 4.78 is 6.80. The SMILES string of the molecule is COCc1cc(NC(=O)c2cc(C3CC3)nc3c2c(C)nn3C)cc(C(=O)O)c1. The van der Waals surface area contributed by atoms with Crippen molar-refractivity contribution in [3.05, 3.63) is 52.3 Å². The number of anilines is 1. The predicted molar refractivity (Wildman–Crippen MR) is 107 cm³/mol. The third-order valence-electron chi connectivity index (χ3n) is 5.04. The molecular formula is C21H22N4O4. The lowest BCUT2D eigenvalue weighted by Gasteiger charge is -2.11. The first-order chi connectivity index (χ1) is 13.9. The fraction of sp³-hybridized carbons (Fsp3) is 0.333. The first-order valence-corrected chi connectivity index (χ1v) is 9.39. The number of nitrogens with zero attached hydrogens (tertiary/aromatic N) is 3. The summed E-state index contributed by atoms with van der Waals surface area (Å²) in [5.74, 6) is -1.00. The Balaban J connectivity index is 1.75. The van der Waals surface area contributed by atoms with Crippen molar-refractivity contribution in [1.82, 2.24) is 14.8 Å². The molecule has 2 aromatic heterocycles. The molecule has 2 N–H and O–H groups in total. The summed E-state index contributed by atoms with van der Waals surface area (Å²) >= 11 is 0. The van der Waals surface area contributed by atoms with Crippen LogP contribution in [0.5, 0.6) is 0 Å². The molecule has 29 heavy (non-hydrogen) atoms. The highest BCUT2D eigenvalue weighted by molar-refractivity contribution is 6.13. The minimum absolute atomic E-state index is 0.0888. The number of carboxylic acid groups (broad SMARTS) is 1. The molecule has 3 aromatic rings. The summed E-state index contributed by atoms with van der Waals surface area (Å²) in [5.41, 5.74) is 3.95. The van der Waals surface area contributed by atoms with E-state index >= 15 is 0 Å². The van der Waals surface area contributed by atoms with Crippen LogP contribution in [0.25, 0.3) is 11.0 Å². The second-order valence-electron chi connectivity index (χ2n) is 7.39. The number of benzene rings is 1. The molecular weight excluding hydrogens is 372 g/mol. The Morgan fingerprint density at radius 3 is 2.69 bits per heavy atom. The zero-order chi connectivity index (χ0) is 20.7. The van der Waals surface area contributed by atoms with E-state index in [1.165, 1.54) is 19.2 Å². The largest absolute Gasteiger partial charge is 0.478 e. The number of nitrogens with one attached hydrogen (secondary N) is 1. The highest BCUT2D eigenvalue weighted by Crippen LogP contribution is 2.40. The van der Waals surface area contributed by atoms with E-state index in [0.717, 1.165) is 24.2 Å². The number of aromatic carboxylic acids is 1. The van der Waals surface area contributed by atoms with Crippen LogP contribution in [0.3, 0.4) is 0 Å². The van der Waals surface area contributed by atoms with E-state index in [9.17, 15) is 14.7 Å². The Bertz CT molecular complexity index is 1130. The summed E-state index contributed by atoms with van der Waals surface area (Å²) in [4.78, 5) is 29.3. The maximum atomic E-state index is 13.2. The highest BCUT2D eigenvalue weighted by Gasteiger charge is 2.28. The average molecular weight is 394 g/mol. The number of ether oxygens (including phenoxy) is 1. The van der Waals surface area contributed by atoms with Crippen LogP contribution in [0.15, 0.2) is 24.3 Å². The van der Waals surface area contributed by atoms with Gasteiger partial charge in [-0.3, -0.25) is 9.48 Å². The maximum Gasteiger partial charge on any atom is 0.335 e. The number of hydrogen-bond acceptors (Lipinski definition) is 5. The normalized spacial score (nSPS) is 13.6. The van der Waals surface area contributed by atoms with Gasteiger partial charge >= 0.3 is 5.97 Å². The van der Waals surface area contributed by atoms with E-state index in [4.69, 9.17) is 9.72 Å². The van der Waals surface area contributed by atoms with Gasteiger partial charge in [0.25, 0.3) is 5.91 Å². The molecule has 1 aliphatic rings. The number of carboxylic acids is 1. The molecule has 0 bridgehead atoms. The van der Waals surface area contributed by atoms with Gasteiger partial charge in [-0.15, -0.1) is 0 Å². The van der Waals surface area contributed by atoms with Crippen molar-refractivity contribution < 1.29 is 19.4 Å². The van der Waals surface area contributed by atoms with Crippen LogP contribution in [0.2, 0.25) is 0 Å².